The summed E-state index contributed by atoms with van der Waals surface area (Å²) in [7, 11) is 0. The molecule has 1 aromatic carbocycles. The monoisotopic (exact) mass is 222 g/mol. The van der Waals surface area contributed by atoms with Crippen LogP contribution < -0.4 is 0 Å². The van der Waals surface area contributed by atoms with Gasteiger partial charge in [-0.1, -0.05) is 23.9 Å². The summed E-state index contributed by atoms with van der Waals surface area (Å²) in [5.74, 6) is -2.51. The van der Waals surface area contributed by atoms with E-state index >= 15 is 0 Å². The second-order valence-corrected chi connectivity index (χ2v) is 3.68. The van der Waals surface area contributed by atoms with Gasteiger partial charge in [0.2, 0.25) is 0 Å². The molecule has 0 spiro atoms. The Kier molecular flexibility index (Phi) is 4.28. The average Bonchev–Trinajstić information content (AvgIpc) is 2.16. The quantitative estimate of drug-likeness (QED) is 0.790. The maximum Gasteiger partial charge on any atom is 0.288 e. The molecule has 5 heteroatoms. The van der Waals surface area contributed by atoms with Crippen molar-refractivity contribution in [3.63, 3.8) is 0 Å². The molecule has 1 N–H and O–H groups in total. The normalized spacial score (nSPS) is 13.2. The summed E-state index contributed by atoms with van der Waals surface area (Å²) in [5, 5.41) is 9.12. The first-order valence-electron chi connectivity index (χ1n) is 3.92. The van der Waals surface area contributed by atoms with Gasteiger partial charge >= 0.3 is 0 Å². The third-order valence-electron chi connectivity index (χ3n) is 1.61. The van der Waals surface area contributed by atoms with E-state index in [-0.39, 0.29) is 0 Å². The van der Waals surface area contributed by atoms with E-state index in [4.69, 9.17) is 5.11 Å². The largest absolute Gasteiger partial charge is 0.386 e. The molecule has 0 saturated heterocycles. The van der Waals surface area contributed by atoms with Crippen LogP contribution in [0.3, 0.4) is 0 Å². The van der Waals surface area contributed by atoms with Crippen molar-refractivity contribution in [3.8, 4) is 0 Å². The summed E-state index contributed by atoms with van der Waals surface area (Å²) >= 11 is 0.374. The Morgan fingerprint density at radius 3 is 2.64 bits per heavy atom. The molecule has 0 saturated carbocycles. The number of alkyl halides is 3. The molecule has 0 bridgehead atoms. The van der Waals surface area contributed by atoms with Crippen molar-refractivity contribution in [3.05, 3.63) is 29.8 Å². The summed E-state index contributed by atoms with van der Waals surface area (Å²) in [6, 6.07) is 5.87. The zero-order valence-electron chi connectivity index (χ0n) is 7.16. The molecule has 14 heavy (non-hydrogen) atoms. The van der Waals surface area contributed by atoms with Crippen LogP contribution in [0.1, 0.15) is 11.7 Å². The van der Waals surface area contributed by atoms with E-state index < -0.39 is 18.5 Å². The van der Waals surface area contributed by atoms with Gasteiger partial charge in [0.15, 0.2) is 0 Å². The molecule has 1 rings (SSSR count). The second-order valence-electron chi connectivity index (χ2n) is 2.62. The molecule has 1 atom stereocenters. The summed E-state index contributed by atoms with van der Waals surface area (Å²) in [5.41, 5.74) is 0.318. The number of thioether (sulfide) groups is 1. The van der Waals surface area contributed by atoms with Crippen molar-refractivity contribution in [1.82, 2.24) is 0 Å². The first kappa shape index (κ1) is 11.4. The van der Waals surface area contributed by atoms with Gasteiger partial charge in [-0.3, -0.25) is 0 Å². The van der Waals surface area contributed by atoms with Crippen molar-refractivity contribution < 1.29 is 18.3 Å². The second kappa shape index (κ2) is 5.26. The van der Waals surface area contributed by atoms with Crippen LogP contribution in [0.5, 0.6) is 0 Å². The molecule has 0 aliphatic heterocycles. The molecule has 1 nitrogen and oxygen atoms in total. The molecule has 0 aliphatic carbocycles. The fourth-order valence-corrected chi connectivity index (χ4v) is 1.55. The van der Waals surface area contributed by atoms with Gasteiger partial charge in [-0.2, -0.15) is 8.78 Å². The van der Waals surface area contributed by atoms with Crippen LogP contribution in [-0.2, 0) is 0 Å². The lowest BCUT2D eigenvalue weighted by atomic mass is 10.1. The van der Waals surface area contributed by atoms with Gasteiger partial charge in [-0.15, -0.1) is 0 Å². The van der Waals surface area contributed by atoms with Crippen LogP contribution in [0.25, 0.3) is 0 Å². The molecule has 78 valence electrons. The molecule has 1 aromatic rings. The molecule has 1 unspecified atom stereocenters. The van der Waals surface area contributed by atoms with Gasteiger partial charge in [-0.05, 0) is 17.7 Å². The Bertz CT molecular complexity index is 293. The SMILES string of the molecule is OC(CF)c1cccc(SC(F)F)c1. The van der Waals surface area contributed by atoms with Crippen LogP contribution in [0.4, 0.5) is 13.2 Å². The van der Waals surface area contributed by atoms with Crippen LogP contribution in [0.2, 0.25) is 0 Å². The fraction of sp³-hybridized carbons (Fsp3) is 0.333. The summed E-state index contributed by atoms with van der Waals surface area (Å²) in [6.07, 6.45) is -1.23. The van der Waals surface area contributed by atoms with Crippen LogP contribution in [0.15, 0.2) is 29.2 Å². The molecule has 0 heterocycles. The zero-order valence-corrected chi connectivity index (χ0v) is 7.98. The molecular weight excluding hydrogens is 213 g/mol. The number of aliphatic hydroxyl groups excluding tert-OH is 1. The molecule has 0 amide bonds. The molecule has 0 radical (unpaired) electrons. The summed E-state index contributed by atoms with van der Waals surface area (Å²) in [4.78, 5) is 0.324. The first-order valence-corrected chi connectivity index (χ1v) is 4.80. The first-order chi connectivity index (χ1) is 6.63. The Balaban J connectivity index is 2.78. The van der Waals surface area contributed by atoms with Gasteiger partial charge in [0.05, 0.1) is 0 Å². The van der Waals surface area contributed by atoms with E-state index in [9.17, 15) is 13.2 Å². The number of hydrogen-bond acceptors (Lipinski definition) is 2. The molecule has 0 aromatic heterocycles. The van der Waals surface area contributed by atoms with Crippen molar-refractivity contribution in [2.24, 2.45) is 0 Å². The standard InChI is InChI=1S/C9H9F3OS/c10-5-8(13)6-2-1-3-7(4-6)14-9(11)12/h1-4,8-9,13H,5H2. The van der Waals surface area contributed by atoms with Gasteiger partial charge < -0.3 is 5.11 Å². The van der Waals surface area contributed by atoms with E-state index in [1.165, 1.54) is 24.3 Å². The minimum atomic E-state index is -2.51. The number of hydrogen-bond donors (Lipinski definition) is 1. The summed E-state index contributed by atoms with van der Waals surface area (Å²) in [6.45, 7) is -0.914. The third-order valence-corrected chi connectivity index (χ3v) is 2.32. The van der Waals surface area contributed by atoms with Crippen molar-refractivity contribution >= 4 is 11.8 Å². The minimum Gasteiger partial charge on any atom is -0.386 e. The molecular formula is C9H9F3OS. The van der Waals surface area contributed by atoms with E-state index in [1.54, 1.807) is 0 Å². The maximum absolute atomic E-state index is 12.1. The number of aliphatic hydroxyl groups is 1. The predicted octanol–water partition coefficient (Wildman–Crippen LogP) is 3.00. The van der Waals surface area contributed by atoms with E-state index in [0.717, 1.165) is 0 Å². The van der Waals surface area contributed by atoms with Crippen LogP contribution >= 0.6 is 11.8 Å². The maximum atomic E-state index is 12.1. The smallest absolute Gasteiger partial charge is 0.288 e. The number of rotatable bonds is 4. The van der Waals surface area contributed by atoms with Crippen LogP contribution in [0, 0.1) is 0 Å². The molecule has 0 fully saturated rings. The highest BCUT2D eigenvalue weighted by Crippen LogP contribution is 2.27. The number of halogens is 3. The number of benzene rings is 1. The summed E-state index contributed by atoms with van der Waals surface area (Å²) < 4.78 is 36.0. The average molecular weight is 222 g/mol. The van der Waals surface area contributed by atoms with Gasteiger partial charge in [0.25, 0.3) is 5.76 Å². The van der Waals surface area contributed by atoms with Gasteiger partial charge in [0, 0.05) is 4.90 Å². The lowest BCUT2D eigenvalue weighted by Crippen LogP contribution is -1.99. The van der Waals surface area contributed by atoms with E-state index in [1.807, 2.05) is 0 Å². The van der Waals surface area contributed by atoms with Crippen LogP contribution in [-0.4, -0.2) is 17.5 Å². The lowest BCUT2D eigenvalue weighted by Gasteiger charge is -2.07. The van der Waals surface area contributed by atoms with Crippen molar-refractivity contribution in [2.45, 2.75) is 16.8 Å². The zero-order chi connectivity index (χ0) is 10.6. The highest BCUT2D eigenvalue weighted by atomic mass is 32.2. The van der Waals surface area contributed by atoms with E-state index in [0.29, 0.717) is 22.2 Å². The van der Waals surface area contributed by atoms with Gasteiger partial charge in [-0.25, -0.2) is 4.39 Å². The Morgan fingerprint density at radius 1 is 1.36 bits per heavy atom. The van der Waals surface area contributed by atoms with Crippen molar-refractivity contribution in [1.29, 1.82) is 0 Å². The molecule has 0 aliphatic rings. The highest BCUT2D eigenvalue weighted by molar-refractivity contribution is 7.99. The predicted molar refractivity (Wildman–Crippen MR) is 49.2 cm³/mol. The Hall–Kier alpha value is -0.680. The topological polar surface area (TPSA) is 20.2 Å². The van der Waals surface area contributed by atoms with E-state index in [2.05, 4.69) is 0 Å². The fourth-order valence-electron chi connectivity index (χ4n) is 0.987. The van der Waals surface area contributed by atoms with Gasteiger partial charge in [0.1, 0.15) is 12.8 Å². The third kappa shape index (κ3) is 3.23. The highest BCUT2D eigenvalue weighted by Gasteiger charge is 2.09. The Morgan fingerprint density at radius 2 is 2.07 bits per heavy atom. The van der Waals surface area contributed by atoms with Crippen molar-refractivity contribution in [2.75, 3.05) is 6.67 Å². The lowest BCUT2D eigenvalue weighted by molar-refractivity contribution is 0.141. The Labute approximate surface area is 83.9 Å². The minimum absolute atomic E-state index is 0.318.